The van der Waals surface area contributed by atoms with Crippen LogP contribution in [0.2, 0.25) is 0 Å². The Kier molecular flexibility index (Phi) is 3.50. The van der Waals surface area contributed by atoms with Gasteiger partial charge in [-0.05, 0) is 13.0 Å². The number of rotatable bonds is 4. The SMILES string of the molecule is CC(=O)c1ccnc(OCC(F)F)c1. The lowest BCUT2D eigenvalue weighted by Gasteiger charge is -2.04. The van der Waals surface area contributed by atoms with Crippen molar-refractivity contribution in [2.45, 2.75) is 13.3 Å². The van der Waals surface area contributed by atoms with Crippen molar-refractivity contribution < 1.29 is 18.3 Å². The van der Waals surface area contributed by atoms with Gasteiger partial charge in [-0.3, -0.25) is 4.79 Å². The van der Waals surface area contributed by atoms with E-state index in [1.54, 1.807) is 0 Å². The van der Waals surface area contributed by atoms with Gasteiger partial charge >= 0.3 is 0 Å². The van der Waals surface area contributed by atoms with Gasteiger partial charge in [0.15, 0.2) is 12.4 Å². The zero-order valence-electron chi connectivity index (χ0n) is 7.54. The van der Waals surface area contributed by atoms with Crippen molar-refractivity contribution in [3.63, 3.8) is 0 Å². The molecule has 0 saturated heterocycles. The van der Waals surface area contributed by atoms with E-state index in [9.17, 15) is 13.6 Å². The summed E-state index contributed by atoms with van der Waals surface area (Å²) < 4.78 is 28.2. The molecule has 3 nitrogen and oxygen atoms in total. The van der Waals surface area contributed by atoms with Crippen LogP contribution in [0.25, 0.3) is 0 Å². The first kappa shape index (κ1) is 10.6. The van der Waals surface area contributed by atoms with E-state index in [2.05, 4.69) is 9.72 Å². The van der Waals surface area contributed by atoms with Crippen LogP contribution >= 0.6 is 0 Å². The molecule has 0 fully saturated rings. The molecule has 0 aromatic carbocycles. The summed E-state index contributed by atoms with van der Waals surface area (Å²) in [6.45, 7) is 0.667. The summed E-state index contributed by atoms with van der Waals surface area (Å²) in [5.74, 6) is -0.118. The molecule has 0 aliphatic carbocycles. The molecule has 0 atom stereocenters. The minimum Gasteiger partial charge on any atom is -0.472 e. The lowest BCUT2D eigenvalue weighted by atomic mass is 10.2. The number of carbonyl (C=O) groups is 1. The van der Waals surface area contributed by atoms with Crippen molar-refractivity contribution in [1.29, 1.82) is 0 Å². The molecule has 5 heteroatoms. The predicted octanol–water partition coefficient (Wildman–Crippen LogP) is 1.93. The largest absolute Gasteiger partial charge is 0.472 e. The van der Waals surface area contributed by atoms with Crippen molar-refractivity contribution in [2.24, 2.45) is 0 Å². The lowest BCUT2D eigenvalue weighted by molar-refractivity contribution is 0.0795. The molecule has 0 unspecified atom stereocenters. The number of ether oxygens (including phenoxy) is 1. The van der Waals surface area contributed by atoms with Gasteiger partial charge in [-0.2, -0.15) is 0 Å². The highest BCUT2D eigenvalue weighted by Gasteiger charge is 2.06. The average Bonchev–Trinajstić information content (AvgIpc) is 2.15. The van der Waals surface area contributed by atoms with E-state index in [1.165, 1.54) is 25.3 Å². The Balaban J connectivity index is 2.69. The third-order valence-electron chi connectivity index (χ3n) is 1.50. The van der Waals surface area contributed by atoms with Gasteiger partial charge in [0.1, 0.15) is 0 Å². The van der Waals surface area contributed by atoms with E-state index in [0.29, 0.717) is 5.56 Å². The van der Waals surface area contributed by atoms with Crippen LogP contribution in [-0.4, -0.2) is 23.8 Å². The van der Waals surface area contributed by atoms with Gasteiger partial charge in [0.05, 0.1) is 0 Å². The fraction of sp³-hybridized carbons (Fsp3) is 0.333. The Morgan fingerprint density at radius 3 is 2.93 bits per heavy atom. The smallest absolute Gasteiger partial charge is 0.272 e. The van der Waals surface area contributed by atoms with Gasteiger partial charge in [0.2, 0.25) is 5.88 Å². The minimum atomic E-state index is -2.54. The fourth-order valence-electron chi connectivity index (χ4n) is 0.856. The Bertz CT molecular complexity index is 328. The van der Waals surface area contributed by atoms with Crippen molar-refractivity contribution in [1.82, 2.24) is 4.98 Å². The summed E-state index contributed by atoms with van der Waals surface area (Å²) in [5, 5.41) is 0. The first-order valence-electron chi connectivity index (χ1n) is 3.97. The van der Waals surface area contributed by atoms with Crippen LogP contribution in [0, 0.1) is 0 Å². The summed E-state index contributed by atoms with van der Waals surface area (Å²) in [6.07, 6.45) is -1.20. The molecule has 0 amide bonds. The first-order valence-corrected chi connectivity index (χ1v) is 3.97. The molecule has 0 saturated carbocycles. The Morgan fingerprint density at radius 2 is 2.36 bits per heavy atom. The molecular formula is C9H9F2NO2. The zero-order chi connectivity index (χ0) is 10.6. The van der Waals surface area contributed by atoms with Crippen LogP contribution < -0.4 is 4.74 Å². The molecular weight excluding hydrogens is 192 g/mol. The average molecular weight is 201 g/mol. The van der Waals surface area contributed by atoms with Crippen molar-refractivity contribution in [3.8, 4) is 5.88 Å². The van der Waals surface area contributed by atoms with Gasteiger partial charge < -0.3 is 4.74 Å². The van der Waals surface area contributed by atoms with E-state index in [4.69, 9.17) is 0 Å². The molecule has 1 aromatic heterocycles. The van der Waals surface area contributed by atoms with Crippen LogP contribution in [-0.2, 0) is 0 Å². The summed E-state index contributed by atoms with van der Waals surface area (Å²) >= 11 is 0. The number of alkyl halides is 2. The number of Topliss-reactive ketones (excluding diaryl/α,β-unsaturated/α-hetero) is 1. The first-order chi connectivity index (χ1) is 6.59. The van der Waals surface area contributed by atoms with Gasteiger partial charge in [0, 0.05) is 17.8 Å². The molecule has 0 aliphatic rings. The second-order valence-electron chi connectivity index (χ2n) is 2.64. The number of halogens is 2. The van der Waals surface area contributed by atoms with E-state index >= 15 is 0 Å². The van der Waals surface area contributed by atoms with Gasteiger partial charge in [0.25, 0.3) is 6.43 Å². The number of hydrogen-bond acceptors (Lipinski definition) is 3. The Morgan fingerprint density at radius 1 is 1.64 bits per heavy atom. The second-order valence-corrected chi connectivity index (χ2v) is 2.64. The summed E-state index contributed by atoms with van der Waals surface area (Å²) in [7, 11) is 0. The fourth-order valence-corrected chi connectivity index (χ4v) is 0.856. The molecule has 0 spiro atoms. The normalized spacial score (nSPS) is 10.3. The molecule has 1 rings (SSSR count). The highest BCUT2D eigenvalue weighted by Crippen LogP contribution is 2.10. The number of carbonyl (C=O) groups excluding carboxylic acids is 1. The van der Waals surface area contributed by atoms with Crippen molar-refractivity contribution in [2.75, 3.05) is 6.61 Å². The summed E-state index contributed by atoms with van der Waals surface area (Å²) in [5.41, 5.74) is 0.393. The molecule has 0 radical (unpaired) electrons. The summed E-state index contributed by atoms with van der Waals surface area (Å²) in [6, 6.07) is 2.84. The maximum Gasteiger partial charge on any atom is 0.272 e. The monoisotopic (exact) mass is 201 g/mol. The third-order valence-corrected chi connectivity index (χ3v) is 1.50. The number of aromatic nitrogens is 1. The lowest BCUT2D eigenvalue weighted by Crippen LogP contribution is -2.08. The predicted molar refractivity (Wildman–Crippen MR) is 45.7 cm³/mol. The maximum atomic E-state index is 11.8. The molecule has 1 aromatic rings. The van der Waals surface area contributed by atoms with E-state index < -0.39 is 13.0 Å². The molecule has 1 heterocycles. The molecule has 0 bridgehead atoms. The van der Waals surface area contributed by atoms with Gasteiger partial charge in [-0.15, -0.1) is 0 Å². The van der Waals surface area contributed by atoms with Crippen LogP contribution in [0.15, 0.2) is 18.3 Å². The van der Waals surface area contributed by atoms with E-state index in [0.717, 1.165) is 0 Å². The van der Waals surface area contributed by atoms with Crippen LogP contribution in [0.5, 0.6) is 5.88 Å². The molecule has 14 heavy (non-hydrogen) atoms. The quantitative estimate of drug-likeness (QED) is 0.698. The number of hydrogen-bond donors (Lipinski definition) is 0. The van der Waals surface area contributed by atoms with Crippen molar-refractivity contribution >= 4 is 5.78 Å². The molecule has 0 N–H and O–H groups in total. The van der Waals surface area contributed by atoms with Gasteiger partial charge in [-0.1, -0.05) is 0 Å². The van der Waals surface area contributed by atoms with Crippen LogP contribution in [0.4, 0.5) is 8.78 Å². The summed E-state index contributed by atoms with van der Waals surface area (Å²) in [4.78, 5) is 14.6. The number of pyridine rings is 1. The van der Waals surface area contributed by atoms with Crippen molar-refractivity contribution in [3.05, 3.63) is 23.9 Å². The topological polar surface area (TPSA) is 39.2 Å². The van der Waals surface area contributed by atoms with Crippen LogP contribution in [0.1, 0.15) is 17.3 Å². The number of ketones is 1. The van der Waals surface area contributed by atoms with E-state index in [-0.39, 0.29) is 11.7 Å². The third kappa shape index (κ3) is 3.08. The Hall–Kier alpha value is -1.52. The second kappa shape index (κ2) is 4.64. The molecule has 76 valence electrons. The Labute approximate surface area is 79.7 Å². The highest BCUT2D eigenvalue weighted by molar-refractivity contribution is 5.94. The highest BCUT2D eigenvalue weighted by atomic mass is 19.3. The minimum absolute atomic E-state index is 0.0398. The molecule has 0 aliphatic heterocycles. The van der Waals surface area contributed by atoms with Crippen LogP contribution in [0.3, 0.4) is 0 Å². The zero-order valence-corrected chi connectivity index (χ0v) is 7.54. The maximum absolute atomic E-state index is 11.8. The van der Waals surface area contributed by atoms with Gasteiger partial charge in [-0.25, -0.2) is 13.8 Å². The standard InChI is InChI=1S/C9H9F2NO2/c1-6(13)7-2-3-12-9(4-7)14-5-8(10)11/h2-4,8H,5H2,1H3. The number of nitrogens with zero attached hydrogens (tertiary/aromatic N) is 1. The van der Waals surface area contributed by atoms with E-state index in [1.807, 2.05) is 0 Å².